The van der Waals surface area contributed by atoms with Gasteiger partial charge in [0.1, 0.15) is 0 Å². The molecule has 0 aromatic carbocycles. The van der Waals surface area contributed by atoms with Crippen LogP contribution < -0.4 is 0 Å². The minimum atomic E-state index is 0.292. The molecule has 0 fully saturated rings. The number of hydrogen-bond donors (Lipinski definition) is 1. The predicted molar refractivity (Wildman–Crippen MR) is 38.8 cm³/mol. The predicted octanol–water partition coefficient (Wildman–Crippen LogP) is 2.05. The second kappa shape index (κ2) is 4.36. The van der Waals surface area contributed by atoms with Crippen LogP contribution in [0.3, 0.4) is 0 Å². The molecule has 0 heterocycles. The van der Waals surface area contributed by atoms with Crippen molar-refractivity contribution in [3.05, 3.63) is 0 Å². The molecule has 0 saturated heterocycles. The largest absolute Gasteiger partial charge is 0.484 e. The number of hydrogen-bond acceptors (Lipinski definition) is 2. The summed E-state index contributed by atoms with van der Waals surface area (Å²) >= 11 is 0. The normalized spacial score (nSPS) is 12.8. The maximum Gasteiger partial charge on any atom is 0.182 e. The van der Waals surface area contributed by atoms with Gasteiger partial charge >= 0.3 is 0 Å². The third-order valence-electron chi connectivity index (χ3n) is 1.39. The molecule has 0 aromatic rings. The Labute approximate surface area is 56.7 Å². The van der Waals surface area contributed by atoms with E-state index in [4.69, 9.17) is 10.1 Å². The zero-order valence-corrected chi connectivity index (χ0v) is 6.40. The van der Waals surface area contributed by atoms with Crippen LogP contribution in [0.15, 0.2) is 0 Å². The summed E-state index contributed by atoms with van der Waals surface area (Å²) in [6.45, 7) is 4.12. The fraction of sp³-hybridized carbons (Fsp3) is 0.857. The topological polar surface area (TPSA) is 33.1 Å². The van der Waals surface area contributed by atoms with Crippen LogP contribution in [0.4, 0.5) is 0 Å². The summed E-state index contributed by atoms with van der Waals surface area (Å²) in [4.78, 5) is 0. The van der Waals surface area contributed by atoms with Gasteiger partial charge in [-0.05, 0) is 6.42 Å². The smallest absolute Gasteiger partial charge is 0.182 e. The fourth-order valence-electron chi connectivity index (χ4n) is 0.765. The van der Waals surface area contributed by atoms with E-state index in [-0.39, 0.29) is 0 Å². The van der Waals surface area contributed by atoms with Crippen LogP contribution in [0.25, 0.3) is 0 Å². The maximum atomic E-state index is 7.22. The van der Waals surface area contributed by atoms with Gasteiger partial charge in [0.25, 0.3) is 0 Å². The molecule has 0 rings (SSSR count). The van der Waals surface area contributed by atoms with Gasteiger partial charge in [0, 0.05) is 5.92 Å². The Morgan fingerprint density at radius 1 is 1.67 bits per heavy atom. The van der Waals surface area contributed by atoms with Crippen molar-refractivity contribution in [3.8, 4) is 0 Å². The Balaban J connectivity index is 3.45. The van der Waals surface area contributed by atoms with Gasteiger partial charge in [0.15, 0.2) is 5.90 Å². The van der Waals surface area contributed by atoms with E-state index in [1.54, 1.807) is 7.11 Å². The lowest BCUT2D eigenvalue weighted by Crippen LogP contribution is -2.10. The lowest BCUT2D eigenvalue weighted by Gasteiger charge is -2.08. The van der Waals surface area contributed by atoms with Crippen molar-refractivity contribution in [1.82, 2.24) is 0 Å². The fourth-order valence-corrected chi connectivity index (χ4v) is 0.765. The van der Waals surface area contributed by atoms with Crippen molar-refractivity contribution in [1.29, 1.82) is 5.41 Å². The maximum absolute atomic E-state index is 7.22. The standard InChI is InChI=1S/C7H15NO/c1-4-5-6(2)7(8)9-3/h6,8H,4-5H2,1-3H3/t6-/m0/s1. The van der Waals surface area contributed by atoms with Gasteiger partial charge in [-0.1, -0.05) is 20.3 Å². The molecular weight excluding hydrogens is 114 g/mol. The molecule has 2 heteroatoms. The van der Waals surface area contributed by atoms with E-state index >= 15 is 0 Å². The van der Waals surface area contributed by atoms with Gasteiger partial charge in [-0.25, -0.2) is 0 Å². The lowest BCUT2D eigenvalue weighted by atomic mass is 10.1. The van der Waals surface area contributed by atoms with Gasteiger partial charge in [-0.2, -0.15) is 0 Å². The van der Waals surface area contributed by atoms with Crippen molar-refractivity contribution in [2.75, 3.05) is 7.11 Å². The van der Waals surface area contributed by atoms with Gasteiger partial charge in [-0.3, -0.25) is 5.41 Å². The van der Waals surface area contributed by atoms with Crippen molar-refractivity contribution in [3.63, 3.8) is 0 Å². The van der Waals surface area contributed by atoms with Crippen molar-refractivity contribution < 1.29 is 4.74 Å². The number of methoxy groups -OCH3 is 1. The summed E-state index contributed by atoms with van der Waals surface area (Å²) in [5.74, 6) is 0.692. The molecule has 0 saturated carbocycles. The van der Waals surface area contributed by atoms with Crippen LogP contribution in [0.2, 0.25) is 0 Å². The summed E-state index contributed by atoms with van der Waals surface area (Å²) in [5, 5.41) is 7.22. The van der Waals surface area contributed by atoms with E-state index in [1.165, 1.54) is 0 Å². The van der Waals surface area contributed by atoms with Crippen molar-refractivity contribution >= 4 is 5.90 Å². The average Bonchev–Trinajstić information content (AvgIpc) is 1.87. The molecule has 0 bridgehead atoms. The van der Waals surface area contributed by atoms with Crippen LogP contribution in [0, 0.1) is 11.3 Å². The van der Waals surface area contributed by atoms with Crippen molar-refractivity contribution in [2.24, 2.45) is 5.92 Å². The first-order chi connectivity index (χ1) is 4.22. The highest BCUT2D eigenvalue weighted by atomic mass is 16.5. The molecule has 2 nitrogen and oxygen atoms in total. The summed E-state index contributed by atoms with van der Waals surface area (Å²) in [7, 11) is 1.55. The minimum Gasteiger partial charge on any atom is -0.484 e. The third-order valence-corrected chi connectivity index (χ3v) is 1.39. The van der Waals surface area contributed by atoms with E-state index in [9.17, 15) is 0 Å². The number of rotatable bonds is 3. The summed E-state index contributed by atoms with van der Waals surface area (Å²) in [6.07, 6.45) is 2.17. The molecule has 9 heavy (non-hydrogen) atoms. The Kier molecular flexibility index (Phi) is 4.10. The zero-order valence-electron chi connectivity index (χ0n) is 6.40. The first-order valence-electron chi connectivity index (χ1n) is 3.34. The van der Waals surface area contributed by atoms with Crippen LogP contribution >= 0.6 is 0 Å². The van der Waals surface area contributed by atoms with Gasteiger partial charge in [0.05, 0.1) is 7.11 Å². The molecule has 0 spiro atoms. The van der Waals surface area contributed by atoms with Crippen LogP contribution in [-0.4, -0.2) is 13.0 Å². The van der Waals surface area contributed by atoms with E-state index in [2.05, 4.69) is 6.92 Å². The molecule has 0 radical (unpaired) electrons. The van der Waals surface area contributed by atoms with E-state index < -0.39 is 0 Å². The first kappa shape index (κ1) is 8.47. The molecule has 0 aliphatic carbocycles. The quantitative estimate of drug-likeness (QED) is 0.459. The molecule has 1 N–H and O–H groups in total. The number of nitrogens with one attached hydrogen (secondary N) is 1. The Hall–Kier alpha value is -0.530. The zero-order chi connectivity index (χ0) is 7.28. The van der Waals surface area contributed by atoms with Gasteiger partial charge in [-0.15, -0.1) is 0 Å². The Morgan fingerprint density at radius 2 is 2.22 bits per heavy atom. The van der Waals surface area contributed by atoms with E-state index in [0.717, 1.165) is 12.8 Å². The van der Waals surface area contributed by atoms with Crippen LogP contribution in [-0.2, 0) is 4.74 Å². The molecule has 1 atom stereocenters. The summed E-state index contributed by atoms with van der Waals surface area (Å²) in [6, 6.07) is 0. The second-order valence-electron chi connectivity index (χ2n) is 2.26. The molecule has 54 valence electrons. The van der Waals surface area contributed by atoms with Crippen molar-refractivity contribution in [2.45, 2.75) is 26.7 Å². The van der Waals surface area contributed by atoms with Crippen LogP contribution in [0.5, 0.6) is 0 Å². The molecule has 0 aromatic heterocycles. The number of ether oxygens (including phenoxy) is 1. The molecule has 0 aliphatic rings. The van der Waals surface area contributed by atoms with E-state index in [0.29, 0.717) is 11.8 Å². The first-order valence-corrected chi connectivity index (χ1v) is 3.34. The summed E-state index contributed by atoms with van der Waals surface area (Å²) in [5.41, 5.74) is 0. The molecule has 0 amide bonds. The monoisotopic (exact) mass is 129 g/mol. The average molecular weight is 129 g/mol. The highest BCUT2D eigenvalue weighted by molar-refractivity contribution is 5.74. The third kappa shape index (κ3) is 3.12. The Morgan fingerprint density at radius 3 is 2.56 bits per heavy atom. The summed E-state index contributed by atoms with van der Waals surface area (Å²) < 4.78 is 4.75. The lowest BCUT2D eigenvalue weighted by molar-refractivity contribution is 0.360. The minimum absolute atomic E-state index is 0.292. The van der Waals surface area contributed by atoms with Crippen LogP contribution in [0.1, 0.15) is 26.7 Å². The highest BCUT2D eigenvalue weighted by Gasteiger charge is 2.05. The van der Waals surface area contributed by atoms with E-state index in [1.807, 2.05) is 6.92 Å². The highest BCUT2D eigenvalue weighted by Crippen LogP contribution is 2.05. The van der Waals surface area contributed by atoms with Gasteiger partial charge < -0.3 is 4.74 Å². The van der Waals surface area contributed by atoms with Gasteiger partial charge in [0.2, 0.25) is 0 Å². The molecular formula is C7H15NO. The second-order valence-corrected chi connectivity index (χ2v) is 2.26. The molecule has 0 aliphatic heterocycles. The Bertz CT molecular complexity index is 90.9. The molecule has 0 unspecified atom stereocenters. The SMILES string of the molecule is CCC[C@H](C)C(=N)OC.